The zero-order valence-corrected chi connectivity index (χ0v) is 10.7. The molecule has 0 bridgehead atoms. The molecule has 1 unspecified atom stereocenters. The van der Waals surface area contributed by atoms with E-state index in [1.54, 1.807) is 24.3 Å². The van der Waals surface area contributed by atoms with Crippen molar-refractivity contribution in [1.29, 1.82) is 0 Å². The fourth-order valence-electron chi connectivity index (χ4n) is 1.06. The number of halogens is 2. The van der Waals surface area contributed by atoms with Crippen molar-refractivity contribution >= 4 is 30.8 Å². The van der Waals surface area contributed by atoms with Crippen molar-refractivity contribution in [3.63, 3.8) is 0 Å². The molecule has 0 saturated carbocycles. The molecular weight excluding hydrogens is 258 g/mol. The maximum atomic E-state index is 11.9. The third kappa shape index (κ3) is 2.96. The Bertz CT molecular complexity index is 358. The standard InChI is InChI=1S/C9H11Cl2O3P/c1-13-15(12,14-2)9(11)7-3-5-8(10)6-4-7/h3-6,9H,1-2H3. The molecule has 6 heteroatoms. The lowest BCUT2D eigenvalue weighted by Crippen LogP contribution is -1.97. The van der Waals surface area contributed by atoms with E-state index in [-0.39, 0.29) is 0 Å². The summed E-state index contributed by atoms with van der Waals surface area (Å²) in [4.78, 5) is 0. The maximum Gasteiger partial charge on any atom is 0.352 e. The van der Waals surface area contributed by atoms with Crippen LogP contribution in [0.1, 0.15) is 10.7 Å². The summed E-state index contributed by atoms with van der Waals surface area (Å²) in [7, 11) is -0.685. The summed E-state index contributed by atoms with van der Waals surface area (Å²) in [5, 5.41) is -0.239. The maximum absolute atomic E-state index is 11.9. The quantitative estimate of drug-likeness (QED) is 0.610. The predicted octanol–water partition coefficient (Wildman–Crippen LogP) is 4.06. The van der Waals surface area contributed by atoms with Crippen LogP contribution in [0.25, 0.3) is 0 Å². The minimum atomic E-state index is -3.29. The Morgan fingerprint density at radius 2 is 1.67 bits per heavy atom. The summed E-state index contributed by atoms with van der Waals surface area (Å²) < 4.78 is 21.5. The topological polar surface area (TPSA) is 35.5 Å². The van der Waals surface area contributed by atoms with E-state index in [9.17, 15) is 4.57 Å². The smallest absolute Gasteiger partial charge is 0.311 e. The molecule has 0 aliphatic carbocycles. The van der Waals surface area contributed by atoms with Gasteiger partial charge in [0, 0.05) is 19.2 Å². The minimum Gasteiger partial charge on any atom is -0.311 e. The molecule has 84 valence electrons. The molecule has 0 aromatic heterocycles. The highest BCUT2D eigenvalue weighted by atomic mass is 35.5. The third-order valence-corrected chi connectivity index (χ3v) is 5.02. The van der Waals surface area contributed by atoms with Crippen molar-refractivity contribution < 1.29 is 13.6 Å². The van der Waals surface area contributed by atoms with Crippen LogP contribution in [0.5, 0.6) is 0 Å². The van der Waals surface area contributed by atoms with Crippen molar-refractivity contribution in [3.8, 4) is 0 Å². The van der Waals surface area contributed by atoms with Crippen molar-refractivity contribution in [2.45, 2.75) is 5.12 Å². The van der Waals surface area contributed by atoms with Crippen LogP contribution < -0.4 is 0 Å². The van der Waals surface area contributed by atoms with E-state index in [0.717, 1.165) is 0 Å². The molecule has 0 amide bonds. The van der Waals surface area contributed by atoms with Crippen LogP contribution in [0.4, 0.5) is 0 Å². The highest BCUT2D eigenvalue weighted by Gasteiger charge is 2.33. The lowest BCUT2D eigenvalue weighted by atomic mass is 10.2. The highest BCUT2D eigenvalue weighted by molar-refractivity contribution is 7.56. The van der Waals surface area contributed by atoms with E-state index >= 15 is 0 Å². The number of rotatable bonds is 4. The number of alkyl halides is 1. The predicted molar refractivity (Wildman–Crippen MR) is 61.7 cm³/mol. The fourth-order valence-corrected chi connectivity index (χ4v) is 2.87. The Labute approximate surface area is 98.8 Å². The van der Waals surface area contributed by atoms with Crippen molar-refractivity contribution in [2.75, 3.05) is 14.2 Å². The van der Waals surface area contributed by atoms with Gasteiger partial charge < -0.3 is 9.05 Å². The van der Waals surface area contributed by atoms with Crippen LogP contribution in [-0.4, -0.2) is 14.2 Å². The number of hydrogen-bond acceptors (Lipinski definition) is 3. The molecule has 0 N–H and O–H groups in total. The molecule has 3 nitrogen and oxygen atoms in total. The van der Waals surface area contributed by atoms with Gasteiger partial charge in [-0.15, -0.1) is 11.6 Å². The molecule has 1 atom stereocenters. The molecule has 0 radical (unpaired) electrons. The second-order valence-electron chi connectivity index (χ2n) is 2.79. The fraction of sp³-hybridized carbons (Fsp3) is 0.333. The Morgan fingerprint density at radius 1 is 1.20 bits per heavy atom. The van der Waals surface area contributed by atoms with Gasteiger partial charge in [-0.3, -0.25) is 4.57 Å². The summed E-state index contributed by atoms with van der Waals surface area (Å²) in [6.45, 7) is 0. The van der Waals surface area contributed by atoms with Gasteiger partial charge in [-0.25, -0.2) is 0 Å². The second-order valence-corrected chi connectivity index (χ2v) is 6.30. The van der Waals surface area contributed by atoms with Gasteiger partial charge in [0.15, 0.2) is 5.12 Å². The molecule has 0 fully saturated rings. The molecule has 0 aliphatic rings. The van der Waals surface area contributed by atoms with Gasteiger partial charge in [-0.2, -0.15) is 0 Å². The van der Waals surface area contributed by atoms with Gasteiger partial charge in [0.2, 0.25) is 0 Å². The summed E-state index contributed by atoms with van der Waals surface area (Å²) in [6, 6.07) is 6.71. The minimum absolute atomic E-state index is 0.590. The first-order valence-corrected chi connectivity index (χ1v) is 6.57. The Balaban J connectivity index is 2.98. The summed E-state index contributed by atoms with van der Waals surface area (Å²) in [5.41, 5.74) is 0.646. The molecule has 15 heavy (non-hydrogen) atoms. The number of benzene rings is 1. The van der Waals surface area contributed by atoms with Crippen LogP contribution >= 0.6 is 30.8 Å². The lowest BCUT2D eigenvalue weighted by molar-refractivity contribution is 0.273. The first-order valence-electron chi connectivity index (χ1n) is 4.14. The van der Waals surface area contributed by atoms with Crippen LogP contribution in [-0.2, 0) is 13.6 Å². The van der Waals surface area contributed by atoms with Gasteiger partial charge in [0.1, 0.15) is 0 Å². The molecule has 0 aliphatic heterocycles. The largest absolute Gasteiger partial charge is 0.352 e. The Hall–Kier alpha value is -0.0500. The Morgan fingerprint density at radius 3 is 2.07 bits per heavy atom. The normalized spacial score (nSPS) is 13.9. The van der Waals surface area contributed by atoms with Gasteiger partial charge >= 0.3 is 7.60 Å². The molecule has 1 rings (SSSR count). The van der Waals surface area contributed by atoms with E-state index in [1.807, 2.05) is 0 Å². The van der Waals surface area contributed by atoms with Crippen LogP contribution in [0.3, 0.4) is 0 Å². The van der Waals surface area contributed by atoms with Crippen molar-refractivity contribution in [1.82, 2.24) is 0 Å². The average molecular weight is 269 g/mol. The molecule has 0 spiro atoms. The molecule has 1 aromatic rings. The van der Waals surface area contributed by atoms with Gasteiger partial charge in [0.25, 0.3) is 0 Å². The Kier molecular flexibility index (Phi) is 4.63. The van der Waals surface area contributed by atoms with Crippen molar-refractivity contribution in [3.05, 3.63) is 34.9 Å². The molecule has 1 aromatic carbocycles. The van der Waals surface area contributed by atoms with Gasteiger partial charge in [0.05, 0.1) is 0 Å². The number of hydrogen-bond donors (Lipinski definition) is 0. The van der Waals surface area contributed by atoms with E-state index in [1.165, 1.54) is 14.2 Å². The van der Waals surface area contributed by atoms with Crippen LogP contribution in [0.2, 0.25) is 5.02 Å². The first-order chi connectivity index (χ1) is 7.03. The SMILES string of the molecule is COP(=O)(OC)C(Cl)c1ccc(Cl)cc1. The van der Waals surface area contributed by atoms with E-state index in [0.29, 0.717) is 10.6 Å². The molecular formula is C9H11Cl2O3P. The van der Waals surface area contributed by atoms with Crippen molar-refractivity contribution in [2.24, 2.45) is 0 Å². The van der Waals surface area contributed by atoms with Crippen LogP contribution in [0, 0.1) is 0 Å². The van der Waals surface area contributed by atoms with Gasteiger partial charge in [-0.05, 0) is 17.7 Å². The summed E-state index contributed by atoms with van der Waals surface area (Å²) >= 11 is 11.7. The molecule has 0 heterocycles. The summed E-state index contributed by atoms with van der Waals surface area (Å²) in [5.74, 6) is 0. The van der Waals surface area contributed by atoms with E-state index in [2.05, 4.69) is 0 Å². The van der Waals surface area contributed by atoms with Gasteiger partial charge in [-0.1, -0.05) is 23.7 Å². The zero-order chi connectivity index (χ0) is 11.5. The zero-order valence-electron chi connectivity index (χ0n) is 8.31. The monoisotopic (exact) mass is 268 g/mol. The van der Waals surface area contributed by atoms with E-state index in [4.69, 9.17) is 32.2 Å². The highest BCUT2D eigenvalue weighted by Crippen LogP contribution is 2.61. The lowest BCUT2D eigenvalue weighted by Gasteiger charge is -2.19. The van der Waals surface area contributed by atoms with Crippen LogP contribution in [0.15, 0.2) is 24.3 Å². The molecule has 0 saturated heterocycles. The second kappa shape index (κ2) is 5.33. The van der Waals surface area contributed by atoms with E-state index < -0.39 is 12.7 Å². The first kappa shape index (κ1) is 13.0. The third-order valence-electron chi connectivity index (χ3n) is 1.93. The average Bonchev–Trinajstić information content (AvgIpc) is 2.28. The summed E-state index contributed by atoms with van der Waals surface area (Å²) in [6.07, 6.45) is 0.